The molecule has 0 aromatic carbocycles. The quantitative estimate of drug-likeness (QED) is 0.0279. The number of rotatable bonds is 42. The minimum absolute atomic E-state index is 0.176. The lowest BCUT2D eigenvalue weighted by molar-refractivity contribution is -0.144. The van der Waals surface area contributed by atoms with Gasteiger partial charge in [-0.05, 0) is 117 Å². The third kappa shape index (κ3) is 46.9. The van der Waals surface area contributed by atoms with Crippen LogP contribution in [0, 0.1) is 0 Å². The fraction of sp³-hybridized carbons (Fsp3) is 0.536. The highest BCUT2D eigenvalue weighted by Crippen LogP contribution is 2.05. The van der Waals surface area contributed by atoms with Crippen LogP contribution in [0.2, 0.25) is 0 Å². The predicted molar refractivity (Wildman–Crippen MR) is 276 cm³/mol. The summed E-state index contributed by atoms with van der Waals surface area (Å²) in [5.41, 5.74) is 0. The average molecular weight is 914 g/mol. The van der Waals surface area contributed by atoms with Crippen LogP contribution in [0.5, 0.6) is 0 Å². The molecule has 0 unspecified atom stereocenters. The van der Waals surface area contributed by atoms with E-state index in [1.165, 1.54) is 12.2 Å². The highest BCUT2D eigenvalue weighted by molar-refractivity contribution is 5.96. The van der Waals surface area contributed by atoms with Gasteiger partial charge in [0.05, 0.1) is 26.4 Å². The van der Waals surface area contributed by atoms with Crippen molar-refractivity contribution in [3.05, 3.63) is 134 Å². The fourth-order valence-corrected chi connectivity index (χ4v) is 5.73. The van der Waals surface area contributed by atoms with Crippen molar-refractivity contribution in [1.82, 2.24) is 15.1 Å². The Morgan fingerprint density at radius 1 is 0.439 bits per heavy atom. The first-order valence-electron chi connectivity index (χ1n) is 24.6. The van der Waals surface area contributed by atoms with E-state index in [2.05, 4.69) is 141 Å². The van der Waals surface area contributed by atoms with Crippen LogP contribution >= 0.6 is 0 Å². The molecule has 10 heteroatoms. The summed E-state index contributed by atoms with van der Waals surface area (Å²) in [4.78, 5) is 53.8. The van der Waals surface area contributed by atoms with Gasteiger partial charge in [-0.3, -0.25) is 19.2 Å². The van der Waals surface area contributed by atoms with Crippen molar-refractivity contribution in [3.63, 3.8) is 0 Å². The van der Waals surface area contributed by atoms with Gasteiger partial charge in [-0.2, -0.15) is 0 Å². The summed E-state index contributed by atoms with van der Waals surface area (Å²) in [6.45, 7) is 7.32. The number of nitrogens with one attached hydrogen (secondary N) is 1. The van der Waals surface area contributed by atoms with E-state index in [4.69, 9.17) is 14.2 Å². The average Bonchev–Trinajstić information content (AvgIpc) is 3.30. The highest BCUT2D eigenvalue weighted by Gasteiger charge is 2.13. The van der Waals surface area contributed by atoms with Crippen molar-refractivity contribution < 1.29 is 33.4 Å². The first-order chi connectivity index (χ1) is 32.3. The molecule has 0 bridgehead atoms. The normalized spacial score (nSPS) is 12.7. The van der Waals surface area contributed by atoms with Gasteiger partial charge in [-0.25, -0.2) is 0 Å². The van der Waals surface area contributed by atoms with Gasteiger partial charge in [0.2, 0.25) is 11.8 Å². The van der Waals surface area contributed by atoms with Crippen molar-refractivity contribution in [2.75, 3.05) is 66.7 Å². The highest BCUT2D eigenvalue weighted by atomic mass is 16.5. The molecule has 0 radical (unpaired) electrons. The Labute approximate surface area is 400 Å². The van der Waals surface area contributed by atoms with Crippen molar-refractivity contribution in [2.24, 2.45) is 0 Å². The Balaban J connectivity index is 4.57. The number of likely N-dealkylation sites (N-methyl/N-ethyl adjacent to an activating group) is 1. The second kappa shape index (κ2) is 49.4. The van der Waals surface area contributed by atoms with Gasteiger partial charge in [0.15, 0.2) is 0 Å². The number of unbranched alkanes of at least 4 members (excludes halogenated alkanes) is 2. The number of carbonyl (C=O) groups excluding carboxylic acids is 4. The number of carbonyl (C=O) groups is 4. The molecule has 10 nitrogen and oxygen atoms in total. The zero-order chi connectivity index (χ0) is 48.2. The van der Waals surface area contributed by atoms with E-state index in [1.54, 1.807) is 4.90 Å². The summed E-state index contributed by atoms with van der Waals surface area (Å²) >= 11 is 0. The van der Waals surface area contributed by atoms with Crippen LogP contribution < -0.4 is 5.32 Å². The van der Waals surface area contributed by atoms with E-state index in [9.17, 15) is 19.2 Å². The monoisotopic (exact) mass is 914 g/mol. The summed E-state index contributed by atoms with van der Waals surface area (Å²) < 4.78 is 16.4. The maximum absolute atomic E-state index is 13.1. The molecule has 368 valence electrons. The molecule has 0 fully saturated rings. The molecule has 0 aliphatic heterocycles. The summed E-state index contributed by atoms with van der Waals surface area (Å²) in [5, 5.41) is 2.72. The minimum Gasteiger partial charge on any atom is -0.466 e. The molecule has 0 aromatic heterocycles. The number of hydrogen-bond donors (Lipinski definition) is 1. The lowest BCUT2D eigenvalue weighted by Crippen LogP contribution is -2.33. The fourth-order valence-electron chi connectivity index (χ4n) is 5.73. The van der Waals surface area contributed by atoms with E-state index in [-0.39, 0.29) is 31.1 Å². The smallest absolute Gasteiger partial charge is 0.305 e. The predicted octanol–water partition coefficient (Wildman–Crippen LogP) is 11.8. The van der Waals surface area contributed by atoms with Crippen LogP contribution in [0.4, 0.5) is 0 Å². The topological polar surface area (TPSA) is 114 Å². The van der Waals surface area contributed by atoms with Gasteiger partial charge in [0.25, 0.3) is 0 Å². The zero-order valence-corrected chi connectivity index (χ0v) is 41.3. The molecule has 66 heavy (non-hydrogen) atoms. The SMILES string of the molecule is CC/C=C\C/C=C\C/C=C\C/C=C\C/C=C\CCCC(=O)OCCCN(CCCOC(=O)CCC/C=C\C/C=C\C/C=C\C/C=C\C/C=C\CC)C(=O)C=CC(=O)NCCOCCN(C)C. The van der Waals surface area contributed by atoms with Crippen LogP contribution in [-0.2, 0) is 33.4 Å². The number of hydrogen-bond acceptors (Lipinski definition) is 8. The largest absolute Gasteiger partial charge is 0.466 e. The molecule has 0 saturated heterocycles. The third-order valence-electron chi connectivity index (χ3n) is 9.41. The molecule has 0 spiro atoms. The maximum atomic E-state index is 13.1. The van der Waals surface area contributed by atoms with E-state index in [0.29, 0.717) is 71.4 Å². The molecule has 0 atom stereocenters. The number of amides is 2. The summed E-state index contributed by atoms with van der Waals surface area (Å²) in [6, 6.07) is 0. The van der Waals surface area contributed by atoms with Crippen molar-refractivity contribution in [3.8, 4) is 0 Å². The summed E-state index contributed by atoms with van der Waals surface area (Å²) in [7, 11) is 3.92. The van der Waals surface area contributed by atoms with E-state index < -0.39 is 5.91 Å². The number of esters is 2. The minimum atomic E-state index is -0.392. The van der Waals surface area contributed by atoms with Crippen LogP contribution in [0.25, 0.3) is 0 Å². The van der Waals surface area contributed by atoms with Crippen LogP contribution in [0.1, 0.15) is 129 Å². The second-order valence-electron chi connectivity index (χ2n) is 15.7. The number of ether oxygens (including phenoxy) is 3. The van der Waals surface area contributed by atoms with Crippen molar-refractivity contribution in [2.45, 2.75) is 129 Å². The van der Waals surface area contributed by atoms with Crippen LogP contribution in [0.3, 0.4) is 0 Å². The van der Waals surface area contributed by atoms with Gasteiger partial charge < -0.3 is 29.3 Å². The Hall–Kier alpha value is -5.06. The van der Waals surface area contributed by atoms with Crippen molar-refractivity contribution >= 4 is 23.8 Å². The Kier molecular flexibility index (Phi) is 45.6. The van der Waals surface area contributed by atoms with E-state index in [0.717, 1.165) is 83.6 Å². The molecule has 0 aliphatic rings. The van der Waals surface area contributed by atoms with Crippen molar-refractivity contribution in [1.29, 1.82) is 0 Å². The van der Waals surface area contributed by atoms with Gasteiger partial charge in [0.1, 0.15) is 0 Å². The summed E-state index contributed by atoms with van der Waals surface area (Å²) in [5.74, 6) is -1.28. The third-order valence-corrected chi connectivity index (χ3v) is 9.41. The maximum Gasteiger partial charge on any atom is 0.305 e. The molecule has 2 amide bonds. The summed E-state index contributed by atoms with van der Waals surface area (Å²) in [6.07, 6.45) is 59.8. The van der Waals surface area contributed by atoms with Gasteiger partial charge in [0, 0.05) is 51.2 Å². The standard InChI is InChI=1S/C56H87N3O7/c1-5-7-9-11-13-15-17-19-21-23-25-27-29-31-33-35-37-41-55(62)65-49-39-46-59(54(61)44-43-53(60)57-45-51-64-52-48-58(3)4)47-40-50-66-56(63)42-38-36-34-32-30-28-26-24-22-20-18-16-14-12-10-8-6-2/h7-10,13-16,19-22,25-28,31-34,43-44H,5-6,11-12,17-18,23-24,29-30,35-42,45-52H2,1-4H3,(H,57,60)/b9-7-,10-8-,15-13-,16-14-,21-19-,22-20-,27-25-,28-26-,33-31-,34-32-,44-43?. The van der Waals surface area contributed by atoms with E-state index in [1.807, 2.05) is 19.0 Å². The molecule has 0 aromatic rings. The lowest BCUT2D eigenvalue weighted by atomic mass is 10.2. The number of allylic oxidation sites excluding steroid dienone is 20. The first kappa shape index (κ1) is 60.9. The first-order valence-corrected chi connectivity index (χ1v) is 24.6. The molecule has 0 saturated carbocycles. The Bertz CT molecular complexity index is 1470. The van der Waals surface area contributed by atoms with Crippen LogP contribution in [0.15, 0.2) is 134 Å². The molecular formula is C56H87N3O7. The van der Waals surface area contributed by atoms with Gasteiger partial charge in [-0.15, -0.1) is 0 Å². The molecule has 0 aliphatic carbocycles. The van der Waals surface area contributed by atoms with Gasteiger partial charge in [-0.1, -0.05) is 135 Å². The second-order valence-corrected chi connectivity index (χ2v) is 15.7. The zero-order valence-electron chi connectivity index (χ0n) is 41.3. The molecular weight excluding hydrogens is 827 g/mol. The van der Waals surface area contributed by atoms with Crippen LogP contribution in [-0.4, -0.2) is 100 Å². The Morgan fingerprint density at radius 3 is 1.20 bits per heavy atom. The Morgan fingerprint density at radius 2 is 0.818 bits per heavy atom. The molecule has 0 heterocycles. The van der Waals surface area contributed by atoms with Gasteiger partial charge >= 0.3 is 11.9 Å². The molecule has 0 rings (SSSR count). The lowest BCUT2D eigenvalue weighted by Gasteiger charge is -2.21. The number of nitrogens with zero attached hydrogens (tertiary/aromatic N) is 2. The van der Waals surface area contributed by atoms with E-state index >= 15 is 0 Å². The molecule has 1 N–H and O–H groups in total.